The maximum absolute atomic E-state index is 5.83. The van der Waals surface area contributed by atoms with E-state index < -0.39 is 0 Å². The fraction of sp³-hybridized carbons (Fsp3) is 0.267. The van der Waals surface area contributed by atoms with Crippen molar-refractivity contribution in [3.63, 3.8) is 0 Å². The number of hydrogen-bond donors (Lipinski definition) is 3. The molecule has 2 aromatic heterocycles. The summed E-state index contributed by atoms with van der Waals surface area (Å²) in [5.41, 5.74) is 13.3. The van der Waals surface area contributed by atoms with Crippen molar-refractivity contribution >= 4 is 22.9 Å². The molecule has 24 heavy (non-hydrogen) atoms. The number of nitrogen functional groups attached to an aromatic ring is 2. The second kappa shape index (κ2) is 6.11. The standard InChI is InChI=1S/C15H18N6O3/c1-22-8-4-7(5-9(23-2)12(8)24-3)6-10-18-11-13(16)20-15(17)21-14(11)19-10/h4-5H,6H2,1-3H3,(H5,16,17,18,19,20,21). The Labute approximate surface area is 138 Å². The van der Waals surface area contributed by atoms with Crippen molar-refractivity contribution in [3.05, 3.63) is 23.5 Å². The van der Waals surface area contributed by atoms with Gasteiger partial charge in [0.1, 0.15) is 11.3 Å². The molecule has 0 atom stereocenters. The lowest BCUT2D eigenvalue weighted by atomic mass is 10.1. The Hall–Kier alpha value is -3.23. The Balaban J connectivity index is 2.00. The monoisotopic (exact) mass is 330 g/mol. The molecule has 2 heterocycles. The first kappa shape index (κ1) is 15.7. The second-order valence-electron chi connectivity index (χ2n) is 5.06. The summed E-state index contributed by atoms with van der Waals surface area (Å²) in [5.74, 6) is 2.71. The number of imidazole rings is 1. The number of nitrogens with zero attached hydrogens (tertiary/aromatic N) is 3. The molecule has 0 aliphatic rings. The SMILES string of the molecule is COc1cc(Cc2nc3nc(N)nc(N)c3[nH]2)cc(OC)c1OC. The Morgan fingerprint density at radius 3 is 2.21 bits per heavy atom. The lowest BCUT2D eigenvalue weighted by Gasteiger charge is -2.13. The summed E-state index contributed by atoms with van der Waals surface area (Å²) in [6.45, 7) is 0. The maximum Gasteiger partial charge on any atom is 0.224 e. The molecule has 1 aromatic carbocycles. The predicted octanol–water partition coefficient (Wildman–Crippen LogP) is 1.13. The maximum atomic E-state index is 5.83. The van der Waals surface area contributed by atoms with E-state index in [-0.39, 0.29) is 11.8 Å². The van der Waals surface area contributed by atoms with Crippen LogP contribution >= 0.6 is 0 Å². The van der Waals surface area contributed by atoms with E-state index in [2.05, 4.69) is 19.9 Å². The zero-order chi connectivity index (χ0) is 17.3. The van der Waals surface area contributed by atoms with Crippen LogP contribution in [0, 0.1) is 0 Å². The largest absolute Gasteiger partial charge is 0.493 e. The molecule has 0 bridgehead atoms. The van der Waals surface area contributed by atoms with Crippen molar-refractivity contribution in [1.82, 2.24) is 19.9 Å². The van der Waals surface area contributed by atoms with Gasteiger partial charge in [-0.25, -0.2) is 4.98 Å². The molecule has 0 unspecified atom stereocenters. The van der Waals surface area contributed by atoms with Crippen LogP contribution in [0.3, 0.4) is 0 Å². The highest BCUT2D eigenvalue weighted by Crippen LogP contribution is 2.38. The quantitative estimate of drug-likeness (QED) is 0.634. The molecule has 0 aliphatic heterocycles. The van der Waals surface area contributed by atoms with Gasteiger partial charge in [-0.1, -0.05) is 0 Å². The first-order valence-electron chi connectivity index (χ1n) is 7.12. The number of H-pyrrole nitrogens is 1. The van der Waals surface area contributed by atoms with Crippen LogP contribution in [0.2, 0.25) is 0 Å². The van der Waals surface area contributed by atoms with E-state index >= 15 is 0 Å². The van der Waals surface area contributed by atoms with Gasteiger partial charge in [-0.3, -0.25) is 0 Å². The number of anilines is 2. The van der Waals surface area contributed by atoms with Crippen LogP contribution < -0.4 is 25.7 Å². The zero-order valence-corrected chi connectivity index (χ0v) is 13.6. The number of fused-ring (bicyclic) bond motifs is 1. The number of aromatic nitrogens is 4. The number of methoxy groups -OCH3 is 3. The van der Waals surface area contributed by atoms with Gasteiger partial charge in [-0.2, -0.15) is 9.97 Å². The normalized spacial score (nSPS) is 10.8. The Kier molecular flexibility index (Phi) is 3.98. The molecule has 0 aliphatic carbocycles. The van der Waals surface area contributed by atoms with Crippen molar-refractivity contribution < 1.29 is 14.2 Å². The third kappa shape index (κ3) is 2.71. The summed E-state index contributed by atoms with van der Waals surface area (Å²) < 4.78 is 16.0. The van der Waals surface area contributed by atoms with Crippen molar-refractivity contribution in [2.24, 2.45) is 0 Å². The Morgan fingerprint density at radius 2 is 1.62 bits per heavy atom. The van der Waals surface area contributed by atoms with Crippen molar-refractivity contribution in [2.45, 2.75) is 6.42 Å². The van der Waals surface area contributed by atoms with Gasteiger partial charge >= 0.3 is 0 Å². The van der Waals surface area contributed by atoms with Crippen LogP contribution in [0.4, 0.5) is 11.8 Å². The fourth-order valence-electron chi connectivity index (χ4n) is 2.50. The van der Waals surface area contributed by atoms with Crippen molar-refractivity contribution in [2.75, 3.05) is 32.8 Å². The lowest BCUT2D eigenvalue weighted by Crippen LogP contribution is -1.99. The highest BCUT2D eigenvalue weighted by molar-refractivity contribution is 5.82. The van der Waals surface area contributed by atoms with E-state index in [1.807, 2.05) is 12.1 Å². The summed E-state index contributed by atoms with van der Waals surface area (Å²) in [6.07, 6.45) is 0.492. The summed E-state index contributed by atoms with van der Waals surface area (Å²) in [7, 11) is 4.70. The van der Waals surface area contributed by atoms with Gasteiger partial charge in [0, 0.05) is 6.42 Å². The number of benzene rings is 1. The van der Waals surface area contributed by atoms with E-state index in [4.69, 9.17) is 25.7 Å². The summed E-state index contributed by atoms with van der Waals surface area (Å²) in [6, 6.07) is 3.72. The number of nitrogens with one attached hydrogen (secondary N) is 1. The number of hydrogen-bond acceptors (Lipinski definition) is 8. The summed E-state index contributed by atoms with van der Waals surface area (Å²) in [5, 5.41) is 0. The van der Waals surface area contributed by atoms with Gasteiger partial charge in [-0.15, -0.1) is 0 Å². The molecule has 0 radical (unpaired) electrons. The van der Waals surface area contributed by atoms with Gasteiger partial charge in [-0.05, 0) is 17.7 Å². The minimum Gasteiger partial charge on any atom is -0.493 e. The topological polar surface area (TPSA) is 134 Å². The molecule has 126 valence electrons. The number of ether oxygens (including phenoxy) is 3. The Bertz CT molecular complexity index is 867. The van der Waals surface area contributed by atoms with E-state index in [9.17, 15) is 0 Å². The molecular weight excluding hydrogens is 312 g/mol. The highest BCUT2D eigenvalue weighted by atomic mass is 16.5. The molecule has 3 rings (SSSR count). The van der Waals surface area contributed by atoms with Crippen LogP contribution in [0.5, 0.6) is 17.2 Å². The molecule has 9 heteroatoms. The smallest absolute Gasteiger partial charge is 0.224 e. The first-order chi connectivity index (χ1) is 11.5. The molecule has 5 N–H and O–H groups in total. The van der Waals surface area contributed by atoms with Gasteiger partial charge < -0.3 is 30.7 Å². The number of nitrogens with two attached hydrogens (primary N) is 2. The highest BCUT2D eigenvalue weighted by Gasteiger charge is 2.15. The summed E-state index contributed by atoms with van der Waals surface area (Å²) in [4.78, 5) is 15.5. The van der Waals surface area contributed by atoms with Gasteiger partial charge in [0.05, 0.1) is 21.3 Å². The molecular formula is C15H18N6O3. The summed E-state index contributed by atoms with van der Waals surface area (Å²) >= 11 is 0. The average Bonchev–Trinajstić information content (AvgIpc) is 2.96. The lowest BCUT2D eigenvalue weighted by molar-refractivity contribution is 0.324. The molecule has 0 saturated heterocycles. The minimum atomic E-state index is 0.0887. The molecule has 0 fully saturated rings. The fourth-order valence-corrected chi connectivity index (χ4v) is 2.50. The minimum absolute atomic E-state index is 0.0887. The zero-order valence-electron chi connectivity index (χ0n) is 13.6. The van der Waals surface area contributed by atoms with Crippen LogP contribution in [0.25, 0.3) is 11.2 Å². The molecule has 9 nitrogen and oxygen atoms in total. The van der Waals surface area contributed by atoms with Gasteiger partial charge in [0.2, 0.25) is 11.7 Å². The Morgan fingerprint density at radius 1 is 0.958 bits per heavy atom. The second-order valence-corrected chi connectivity index (χ2v) is 5.06. The van der Waals surface area contributed by atoms with Crippen LogP contribution in [-0.4, -0.2) is 41.3 Å². The predicted molar refractivity (Wildman–Crippen MR) is 89.4 cm³/mol. The van der Waals surface area contributed by atoms with Gasteiger partial charge in [0.25, 0.3) is 0 Å². The van der Waals surface area contributed by atoms with E-state index in [0.717, 1.165) is 5.56 Å². The van der Waals surface area contributed by atoms with Crippen LogP contribution in [-0.2, 0) is 6.42 Å². The molecule has 0 amide bonds. The number of rotatable bonds is 5. The molecule has 0 spiro atoms. The van der Waals surface area contributed by atoms with Gasteiger partial charge in [0.15, 0.2) is 23.0 Å². The van der Waals surface area contributed by atoms with E-state index in [1.165, 1.54) is 0 Å². The van der Waals surface area contributed by atoms with E-state index in [0.29, 0.717) is 40.7 Å². The average molecular weight is 330 g/mol. The third-order valence-electron chi connectivity index (χ3n) is 3.54. The van der Waals surface area contributed by atoms with Crippen molar-refractivity contribution in [1.29, 1.82) is 0 Å². The van der Waals surface area contributed by atoms with Crippen LogP contribution in [0.1, 0.15) is 11.4 Å². The van der Waals surface area contributed by atoms with Crippen molar-refractivity contribution in [3.8, 4) is 17.2 Å². The van der Waals surface area contributed by atoms with E-state index in [1.54, 1.807) is 21.3 Å². The van der Waals surface area contributed by atoms with Crippen LogP contribution in [0.15, 0.2) is 12.1 Å². The molecule has 0 saturated carbocycles. The number of aromatic amines is 1. The third-order valence-corrected chi connectivity index (χ3v) is 3.54. The first-order valence-corrected chi connectivity index (χ1v) is 7.12. The molecule has 3 aromatic rings.